The molecule has 0 amide bonds. The van der Waals surface area contributed by atoms with Crippen LogP contribution in [0.25, 0.3) is 0 Å². The maximum Gasteiger partial charge on any atom is 0.237 e. The monoisotopic (exact) mass is 321 g/mol. The minimum absolute atomic E-state index is 0.0770. The van der Waals surface area contributed by atoms with Gasteiger partial charge in [0.25, 0.3) is 0 Å². The SMILES string of the molecule is CC(C)(C)c1cc(NS(=O)(=O)C2CCS(=O)(=O)C2)n[nH]1. The maximum atomic E-state index is 12.1. The maximum absolute atomic E-state index is 12.1. The van der Waals surface area contributed by atoms with Crippen LogP contribution in [0.15, 0.2) is 6.07 Å². The first kappa shape index (κ1) is 15.3. The predicted octanol–water partition coefficient (Wildman–Crippen LogP) is 0.636. The van der Waals surface area contributed by atoms with E-state index in [1.807, 2.05) is 20.8 Å². The Hall–Kier alpha value is -1.09. The lowest BCUT2D eigenvalue weighted by Gasteiger charge is -2.14. The van der Waals surface area contributed by atoms with Crippen molar-refractivity contribution in [1.82, 2.24) is 10.2 Å². The van der Waals surface area contributed by atoms with Crippen molar-refractivity contribution in [3.05, 3.63) is 11.8 Å². The summed E-state index contributed by atoms with van der Waals surface area (Å²) in [5, 5.41) is 5.79. The van der Waals surface area contributed by atoms with Gasteiger partial charge in [0.2, 0.25) is 10.0 Å². The van der Waals surface area contributed by atoms with E-state index in [4.69, 9.17) is 0 Å². The summed E-state index contributed by atoms with van der Waals surface area (Å²) in [6.07, 6.45) is 0.133. The second kappa shape index (κ2) is 4.73. The lowest BCUT2D eigenvalue weighted by Crippen LogP contribution is -2.29. The van der Waals surface area contributed by atoms with Crippen LogP contribution < -0.4 is 4.72 Å². The molecule has 20 heavy (non-hydrogen) atoms. The molecule has 0 spiro atoms. The van der Waals surface area contributed by atoms with E-state index in [-0.39, 0.29) is 29.2 Å². The Labute approximate surface area is 119 Å². The van der Waals surface area contributed by atoms with Gasteiger partial charge >= 0.3 is 0 Å². The van der Waals surface area contributed by atoms with E-state index in [9.17, 15) is 16.8 Å². The molecule has 0 saturated carbocycles. The molecule has 9 heteroatoms. The minimum Gasteiger partial charge on any atom is -0.280 e. The highest BCUT2D eigenvalue weighted by Gasteiger charge is 2.37. The quantitative estimate of drug-likeness (QED) is 0.849. The van der Waals surface area contributed by atoms with Crippen LogP contribution in [0.4, 0.5) is 5.82 Å². The Morgan fingerprint density at radius 1 is 1.40 bits per heavy atom. The summed E-state index contributed by atoms with van der Waals surface area (Å²) in [5.41, 5.74) is 0.627. The fraction of sp³-hybridized carbons (Fsp3) is 0.727. The van der Waals surface area contributed by atoms with Crippen LogP contribution >= 0.6 is 0 Å². The van der Waals surface area contributed by atoms with Crippen LogP contribution in [0, 0.1) is 0 Å². The van der Waals surface area contributed by atoms with Crippen LogP contribution in [-0.4, -0.2) is 43.8 Å². The zero-order valence-electron chi connectivity index (χ0n) is 11.7. The molecular formula is C11H19N3O4S2. The molecule has 7 nitrogen and oxygen atoms in total. The van der Waals surface area contributed by atoms with Gasteiger partial charge in [-0.2, -0.15) is 5.10 Å². The molecule has 0 aromatic carbocycles. The molecule has 2 rings (SSSR count). The zero-order chi connectivity index (χ0) is 15.2. The molecule has 2 N–H and O–H groups in total. The average molecular weight is 321 g/mol. The highest BCUT2D eigenvalue weighted by atomic mass is 32.2. The van der Waals surface area contributed by atoms with E-state index in [1.54, 1.807) is 6.07 Å². The average Bonchev–Trinajstić information content (AvgIpc) is 2.83. The summed E-state index contributed by atoms with van der Waals surface area (Å²) in [7, 11) is -6.96. The van der Waals surface area contributed by atoms with Crippen molar-refractivity contribution < 1.29 is 16.8 Å². The van der Waals surface area contributed by atoms with Gasteiger partial charge in [-0.1, -0.05) is 20.8 Å². The number of aromatic nitrogens is 2. The summed E-state index contributed by atoms with van der Waals surface area (Å²) in [5.74, 6) is -0.204. The molecule has 0 aliphatic carbocycles. The Morgan fingerprint density at radius 2 is 2.05 bits per heavy atom. The number of rotatable bonds is 3. The number of hydrogen-bond donors (Lipinski definition) is 2. The van der Waals surface area contributed by atoms with Crippen molar-refractivity contribution >= 4 is 25.7 Å². The lowest BCUT2D eigenvalue weighted by molar-refractivity contribution is 0.567. The number of sulfone groups is 1. The van der Waals surface area contributed by atoms with Gasteiger partial charge in [0.05, 0.1) is 16.8 Å². The van der Waals surface area contributed by atoms with Crippen LogP contribution in [0.5, 0.6) is 0 Å². The topological polar surface area (TPSA) is 109 Å². The van der Waals surface area contributed by atoms with E-state index in [1.165, 1.54) is 0 Å². The molecule has 1 aliphatic rings. The number of anilines is 1. The minimum atomic E-state index is -3.73. The van der Waals surface area contributed by atoms with Crippen molar-refractivity contribution in [3.63, 3.8) is 0 Å². The fourth-order valence-electron chi connectivity index (χ4n) is 1.99. The molecule has 1 unspecified atom stereocenters. The normalized spacial score (nSPS) is 22.9. The molecule has 1 aromatic heterocycles. The summed E-state index contributed by atoms with van der Waals surface area (Å²) in [6, 6.07) is 1.63. The first-order valence-corrected chi connectivity index (χ1v) is 9.64. The largest absolute Gasteiger partial charge is 0.280 e. The first-order valence-electron chi connectivity index (χ1n) is 6.27. The van der Waals surface area contributed by atoms with Crippen molar-refractivity contribution in [3.8, 4) is 0 Å². The van der Waals surface area contributed by atoms with Gasteiger partial charge in [-0.25, -0.2) is 16.8 Å². The second-order valence-electron chi connectivity index (χ2n) is 6.09. The molecule has 1 aliphatic heterocycles. The van der Waals surface area contributed by atoms with Crippen molar-refractivity contribution in [2.45, 2.75) is 37.9 Å². The Kier molecular flexibility index (Phi) is 3.62. The Balaban J connectivity index is 2.15. The van der Waals surface area contributed by atoms with Gasteiger partial charge in [-0.3, -0.25) is 9.82 Å². The van der Waals surface area contributed by atoms with Gasteiger partial charge in [0, 0.05) is 17.2 Å². The van der Waals surface area contributed by atoms with Crippen molar-refractivity contribution in [1.29, 1.82) is 0 Å². The number of nitrogens with one attached hydrogen (secondary N) is 2. The number of H-pyrrole nitrogens is 1. The first-order chi connectivity index (χ1) is 9.00. The lowest BCUT2D eigenvalue weighted by atomic mass is 9.92. The van der Waals surface area contributed by atoms with Gasteiger partial charge in [-0.15, -0.1) is 0 Å². The predicted molar refractivity (Wildman–Crippen MR) is 76.9 cm³/mol. The Bertz CT molecular complexity index is 698. The van der Waals surface area contributed by atoms with Gasteiger partial charge in [0.1, 0.15) is 0 Å². The van der Waals surface area contributed by atoms with E-state index in [0.29, 0.717) is 0 Å². The molecule has 0 radical (unpaired) electrons. The number of hydrogen-bond acceptors (Lipinski definition) is 5. The molecule has 0 bridgehead atoms. The summed E-state index contributed by atoms with van der Waals surface area (Å²) in [6.45, 7) is 5.92. The third-order valence-electron chi connectivity index (χ3n) is 3.26. The number of aromatic amines is 1. The number of sulfonamides is 1. The highest BCUT2D eigenvalue weighted by molar-refractivity contribution is 7.97. The van der Waals surface area contributed by atoms with Gasteiger partial charge in [0.15, 0.2) is 15.7 Å². The second-order valence-corrected chi connectivity index (χ2v) is 10.3. The van der Waals surface area contributed by atoms with Crippen molar-refractivity contribution in [2.75, 3.05) is 16.2 Å². The third kappa shape index (κ3) is 3.32. The van der Waals surface area contributed by atoms with Crippen LogP contribution in [-0.2, 0) is 25.3 Å². The molecular weight excluding hydrogens is 302 g/mol. The molecule has 1 aromatic rings. The fourth-order valence-corrected chi connectivity index (χ4v) is 6.02. The van der Waals surface area contributed by atoms with Crippen LogP contribution in [0.3, 0.4) is 0 Å². The standard InChI is InChI=1S/C11H19N3O4S2/c1-11(2,3)9-6-10(13-12-9)14-20(17,18)8-4-5-19(15,16)7-8/h6,8H,4-5,7H2,1-3H3,(H2,12,13,14). The van der Waals surface area contributed by atoms with E-state index >= 15 is 0 Å². The third-order valence-corrected chi connectivity index (χ3v) is 7.01. The molecule has 1 atom stereocenters. The zero-order valence-corrected chi connectivity index (χ0v) is 13.3. The van der Waals surface area contributed by atoms with Crippen molar-refractivity contribution in [2.24, 2.45) is 0 Å². The summed E-state index contributed by atoms with van der Waals surface area (Å²) >= 11 is 0. The van der Waals surface area contributed by atoms with Gasteiger partial charge in [-0.05, 0) is 6.42 Å². The molecule has 2 heterocycles. The molecule has 114 valence electrons. The van der Waals surface area contributed by atoms with Crippen LogP contribution in [0.2, 0.25) is 0 Å². The van der Waals surface area contributed by atoms with E-state index in [2.05, 4.69) is 14.9 Å². The van der Waals surface area contributed by atoms with Crippen LogP contribution in [0.1, 0.15) is 32.9 Å². The number of nitrogens with zero attached hydrogens (tertiary/aromatic N) is 1. The molecule has 1 saturated heterocycles. The summed E-state index contributed by atoms with van der Waals surface area (Å²) < 4.78 is 49.3. The molecule has 1 fully saturated rings. The smallest absolute Gasteiger partial charge is 0.237 e. The summed E-state index contributed by atoms with van der Waals surface area (Å²) in [4.78, 5) is 0. The Morgan fingerprint density at radius 3 is 2.50 bits per heavy atom. The highest BCUT2D eigenvalue weighted by Crippen LogP contribution is 2.24. The van der Waals surface area contributed by atoms with E-state index in [0.717, 1.165) is 5.69 Å². The van der Waals surface area contributed by atoms with E-state index < -0.39 is 25.1 Å². The van der Waals surface area contributed by atoms with Gasteiger partial charge < -0.3 is 0 Å².